The molecule has 2 N–H and O–H groups in total. The summed E-state index contributed by atoms with van der Waals surface area (Å²) in [7, 11) is 0. The molecule has 2 aromatic rings. The van der Waals surface area contributed by atoms with Crippen LogP contribution in [0.25, 0.3) is 10.9 Å². The summed E-state index contributed by atoms with van der Waals surface area (Å²) in [5.74, 6) is -2.19. The smallest absolute Gasteiger partial charge is 0.432 e. The lowest BCUT2D eigenvalue weighted by Gasteiger charge is -2.15. The molecule has 0 aliphatic rings. The summed E-state index contributed by atoms with van der Waals surface area (Å²) in [6.45, 7) is 0. The molecule has 1 aromatic carbocycles. The Balaban J connectivity index is 0.00000264. The molecule has 1 heterocycles. The van der Waals surface area contributed by atoms with Gasteiger partial charge in [0.25, 0.3) is 0 Å². The zero-order valence-electron chi connectivity index (χ0n) is 10.7. The summed E-state index contributed by atoms with van der Waals surface area (Å²) in [4.78, 5) is 24.1. The maximum absolute atomic E-state index is 12.8. The standard InChI is InChI=1S/C12H5F6NO3.ClH/c13-11(14,15)5-3-1-2-4-7(5)19-9(12(16,17)18)6(8(4)20)10(21)22;/h1-3H,(H,19,20)(H,21,22);1H. The van der Waals surface area contributed by atoms with Crippen LogP contribution in [0.2, 0.25) is 0 Å². The van der Waals surface area contributed by atoms with Crippen LogP contribution >= 0.6 is 12.4 Å². The minimum Gasteiger partial charge on any atom is -0.477 e. The van der Waals surface area contributed by atoms with Gasteiger partial charge in [-0.05, 0) is 12.1 Å². The van der Waals surface area contributed by atoms with Crippen molar-refractivity contribution >= 4 is 29.3 Å². The number of H-pyrrole nitrogens is 1. The lowest BCUT2D eigenvalue weighted by atomic mass is 10.0. The zero-order chi connectivity index (χ0) is 16.9. The molecular formula is C12H6ClF6NO3. The number of benzene rings is 1. The largest absolute Gasteiger partial charge is 0.477 e. The third-order valence-electron chi connectivity index (χ3n) is 2.84. The number of aromatic nitrogens is 1. The molecule has 2 rings (SSSR count). The van der Waals surface area contributed by atoms with Gasteiger partial charge in [0.1, 0.15) is 11.3 Å². The molecule has 0 saturated heterocycles. The van der Waals surface area contributed by atoms with E-state index in [1.165, 1.54) is 4.98 Å². The maximum Gasteiger partial charge on any atom is 0.432 e. The Morgan fingerprint density at radius 1 is 1.04 bits per heavy atom. The van der Waals surface area contributed by atoms with Gasteiger partial charge in [0, 0.05) is 5.39 Å². The summed E-state index contributed by atoms with van der Waals surface area (Å²) in [5, 5.41) is 7.96. The molecule has 0 spiro atoms. The normalized spacial score (nSPS) is 12.1. The van der Waals surface area contributed by atoms with Gasteiger partial charge in [-0.15, -0.1) is 12.4 Å². The molecule has 0 radical (unpaired) electrons. The summed E-state index contributed by atoms with van der Waals surface area (Å²) in [6, 6.07) is 2.11. The SMILES string of the molecule is Cl.O=C(O)c1c(C(F)(F)F)[nH]c2c(C(F)(F)F)cccc2c1=O. The van der Waals surface area contributed by atoms with Crippen LogP contribution in [-0.4, -0.2) is 16.1 Å². The first-order chi connectivity index (χ1) is 9.94. The van der Waals surface area contributed by atoms with E-state index in [1.54, 1.807) is 0 Å². The highest BCUT2D eigenvalue weighted by Crippen LogP contribution is 2.36. The quantitative estimate of drug-likeness (QED) is 0.761. The number of fused-ring (bicyclic) bond motifs is 1. The van der Waals surface area contributed by atoms with E-state index in [1.807, 2.05) is 0 Å². The van der Waals surface area contributed by atoms with Gasteiger partial charge < -0.3 is 10.1 Å². The van der Waals surface area contributed by atoms with Gasteiger partial charge in [-0.3, -0.25) is 4.79 Å². The summed E-state index contributed by atoms with van der Waals surface area (Å²) >= 11 is 0. The van der Waals surface area contributed by atoms with Gasteiger partial charge in [0.15, 0.2) is 0 Å². The molecule has 4 nitrogen and oxygen atoms in total. The van der Waals surface area contributed by atoms with Crippen molar-refractivity contribution in [1.82, 2.24) is 4.98 Å². The number of pyridine rings is 1. The van der Waals surface area contributed by atoms with Crippen molar-refractivity contribution in [2.24, 2.45) is 0 Å². The van der Waals surface area contributed by atoms with Crippen LogP contribution < -0.4 is 5.43 Å². The highest BCUT2D eigenvalue weighted by molar-refractivity contribution is 5.95. The molecule has 1 aromatic heterocycles. The first kappa shape index (κ1) is 18.8. The van der Waals surface area contributed by atoms with Crippen molar-refractivity contribution in [2.75, 3.05) is 0 Å². The van der Waals surface area contributed by atoms with E-state index in [9.17, 15) is 35.9 Å². The average Bonchev–Trinajstić information content (AvgIpc) is 2.35. The highest BCUT2D eigenvalue weighted by Gasteiger charge is 2.40. The van der Waals surface area contributed by atoms with E-state index in [0.717, 1.165) is 12.1 Å². The fourth-order valence-corrected chi connectivity index (χ4v) is 1.96. The topological polar surface area (TPSA) is 70.2 Å². The van der Waals surface area contributed by atoms with Crippen molar-refractivity contribution in [1.29, 1.82) is 0 Å². The molecule has 0 bridgehead atoms. The second-order valence-electron chi connectivity index (χ2n) is 4.23. The second-order valence-corrected chi connectivity index (χ2v) is 4.23. The average molecular weight is 362 g/mol. The Morgan fingerprint density at radius 2 is 1.61 bits per heavy atom. The molecule has 0 aliphatic carbocycles. The van der Waals surface area contributed by atoms with E-state index >= 15 is 0 Å². The first-order valence-corrected chi connectivity index (χ1v) is 5.51. The number of carboxylic acid groups (broad SMARTS) is 1. The third-order valence-corrected chi connectivity index (χ3v) is 2.84. The molecule has 0 fully saturated rings. The predicted molar refractivity (Wildman–Crippen MR) is 68.8 cm³/mol. The number of alkyl halides is 6. The van der Waals surface area contributed by atoms with E-state index in [0.29, 0.717) is 6.07 Å². The highest BCUT2D eigenvalue weighted by atomic mass is 35.5. The van der Waals surface area contributed by atoms with Gasteiger partial charge in [-0.2, -0.15) is 26.3 Å². The Morgan fingerprint density at radius 3 is 2.04 bits per heavy atom. The van der Waals surface area contributed by atoms with Crippen LogP contribution in [0.4, 0.5) is 26.3 Å². The van der Waals surface area contributed by atoms with Crippen LogP contribution in [0, 0.1) is 0 Å². The molecule has 0 unspecified atom stereocenters. The van der Waals surface area contributed by atoms with Crippen molar-refractivity contribution < 1.29 is 36.2 Å². The van der Waals surface area contributed by atoms with Gasteiger partial charge in [0.2, 0.25) is 5.43 Å². The summed E-state index contributed by atoms with van der Waals surface area (Å²) in [5.41, 5.74) is -7.94. The molecule has 0 saturated carbocycles. The van der Waals surface area contributed by atoms with E-state index in [-0.39, 0.29) is 12.4 Å². The summed E-state index contributed by atoms with van der Waals surface area (Å²) < 4.78 is 76.9. The van der Waals surface area contributed by atoms with Gasteiger partial charge in [-0.1, -0.05) is 6.07 Å². The number of aromatic carboxylic acids is 1. The molecule has 0 aliphatic heterocycles. The van der Waals surface area contributed by atoms with Gasteiger partial charge in [0.05, 0.1) is 11.1 Å². The van der Waals surface area contributed by atoms with Crippen LogP contribution in [0.5, 0.6) is 0 Å². The molecule has 0 amide bonds. The number of hydrogen-bond donors (Lipinski definition) is 2. The Hall–Kier alpha value is -2.23. The van der Waals surface area contributed by atoms with Crippen molar-refractivity contribution in [3.05, 3.63) is 45.2 Å². The fraction of sp³-hybridized carbons (Fsp3) is 0.167. The summed E-state index contributed by atoms with van der Waals surface area (Å²) in [6.07, 6.45) is -10.4. The number of halogens is 7. The van der Waals surface area contributed by atoms with Crippen molar-refractivity contribution in [3.63, 3.8) is 0 Å². The van der Waals surface area contributed by atoms with Crippen LogP contribution in [0.3, 0.4) is 0 Å². The minimum atomic E-state index is -5.33. The monoisotopic (exact) mass is 361 g/mol. The van der Waals surface area contributed by atoms with Crippen molar-refractivity contribution in [3.8, 4) is 0 Å². The second kappa shape index (κ2) is 5.76. The van der Waals surface area contributed by atoms with Crippen LogP contribution in [0.15, 0.2) is 23.0 Å². The molecule has 126 valence electrons. The number of aromatic amines is 1. The number of para-hydroxylation sites is 1. The molecule has 11 heteroatoms. The number of carboxylic acids is 1. The predicted octanol–water partition coefficient (Wildman–Crippen LogP) is 3.69. The third kappa shape index (κ3) is 3.26. The number of carbonyl (C=O) groups is 1. The fourth-order valence-electron chi connectivity index (χ4n) is 1.96. The van der Waals surface area contributed by atoms with Gasteiger partial charge in [-0.25, -0.2) is 4.79 Å². The van der Waals surface area contributed by atoms with E-state index in [2.05, 4.69) is 0 Å². The Bertz CT molecular complexity index is 824. The molecule has 23 heavy (non-hydrogen) atoms. The molecular weight excluding hydrogens is 356 g/mol. The maximum atomic E-state index is 12.8. The number of rotatable bonds is 1. The Kier molecular flexibility index (Phi) is 4.71. The van der Waals surface area contributed by atoms with Gasteiger partial charge >= 0.3 is 18.3 Å². The van der Waals surface area contributed by atoms with Crippen LogP contribution in [-0.2, 0) is 12.4 Å². The number of nitrogens with one attached hydrogen (secondary N) is 1. The lowest BCUT2D eigenvalue weighted by molar-refractivity contribution is -0.142. The first-order valence-electron chi connectivity index (χ1n) is 5.51. The number of hydrogen-bond acceptors (Lipinski definition) is 2. The minimum absolute atomic E-state index is 0. The van der Waals surface area contributed by atoms with E-state index in [4.69, 9.17) is 5.11 Å². The zero-order valence-corrected chi connectivity index (χ0v) is 11.5. The molecule has 0 atom stereocenters. The van der Waals surface area contributed by atoms with Crippen molar-refractivity contribution in [2.45, 2.75) is 12.4 Å². The van der Waals surface area contributed by atoms with Crippen LogP contribution in [0.1, 0.15) is 21.6 Å². The lowest BCUT2D eigenvalue weighted by Crippen LogP contribution is -2.25. The Labute approximate surface area is 129 Å². The van der Waals surface area contributed by atoms with E-state index < -0.39 is 51.5 Å².